The van der Waals surface area contributed by atoms with Crippen LogP contribution in [0.15, 0.2) is 0 Å². The van der Waals surface area contributed by atoms with Gasteiger partial charge in [0.25, 0.3) is 0 Å². The highest BCUT2D eigenvalue weighted by Gasteiger charge is 2.54. The van der Waals surface area contributed by atoms with Crippen molar-refractivity contribution in [1.82, 2.24) is 10.6 Å². The van der Waals surface area contributed by atoms with E-state index < -0.39 is 124 Å². The Bertz CT molecular complexity index is 852. The van der Waals surface area contributed by atoms with Crippen LogP contribution in [0.5, 0.6) is 0 Å². The standard InChI is InChI=1S/C22H38N2O16/c1-6(28)23-11-18(14(31)9(4-26)36-20(11)35)39-21-12(24-7(2)29)19(15(32)10(5-27)37-21)40-22-17(34)16(33)13(30)8(3-25)38-22/h8-22,25-27,30-35H,3-5H2,1-2H3,(H,23,28)(H,24,29)/t8-,9-,10-,11-,12-,13+,14+,15+,16+,17-,18-,19-,20?,21?,22+/m1/s1. The largest absolute Gasteiger partial charge is 0.394 e. The van der Waals surface area contributed by atoms with Gasteiger partial charge in [-0.1, -0.05) is 0 Å². The number of hydrogen-bond acceptors (Lipinski definition) is 16. The van der Waals surface area contributed by atoms with Gasteiger partial charge in [0.1, 0.15) is 73.1 Å². The number of aliphatic hydroxyl groups is 9. The van der Waals surface area contributed by atoms with E-state index in [0.717, 1.165) is 13.8 Å². The normalized spacial score (nSPS) is 46.0. The molecule has 0 saturated carbocycles. The first-order chi connectivity index (χ1) is 18.8. The fourth-order valence-electron chi connectivity index (χ4n) is 4.86. The molecule has 18 heteroatoms. The fraction of sp³-hybridized carbons (Fsp3) is 0.909. The van der Waals surface area contributed by atoms with Gasteiger partial charge >= 0.3 is 0 Å². The van der Waals surface area contributed by atoms with Gasteiger partial charge in [0.15, 0.2) is 18.9 Å². The summed E-state index contributed by atoms with van der Waals surface area (Å²) in [5.74, 6) is -1.34. The molecule has 15 atom stereocenters. The molecule has 11 N–H and O–H groups in total. The first-order valence-electron chi connectivity index (χ1n) is 12.6. The van der Waals surface area contributed by atoms with E-state index in [-0.39, 0.29) is 0 Å². The topological polar surface area (TPSA) is 286 Å². The van der Waals surface area contributed by atoms with Crippen molar-refractivity contribution in [3.8, 4) is 0 Å². The molecule has 3 rings (SSSR count). The van der Waals surface area contributed by atoms with E-state index in [9.17, 15) is 55.5 Å². The number of carbonyl (C=O) groups excluding carboxylic acids is 2. The maximum atomic E-state index is 12.1. The van der Waals surface area contributed by atoms with Crippen LogP contribution in [0.4, 0.5) is 0 Å². The average molecular weight is 587 g/mol. The summed E-state index contributed by atoms with van der Waals surface area (Å²) in [6.07, 6.45) is -21.4. The van der Waals surface area contributed by atoms with E-state index in [1.807, 2.05) is 0 Å². The maximum Gasteiger partial charge on any atom is 0.217 e. The van der Waals surface area contributed by atoms with E-state index in [0.29, 0.717) is 0 Å². The van der Waals surface area contributed by atoms with Crippen molar-refractivity contribution >= 4 is 11.8 Å². The molecule has 0 aromatic carbocycles. The van der Waals surface area contributed by atoms with Crippen LogP contribution < -0.4 is 10.6 Å². The molecule has 0 aromatic rings. The minimum atomic E-state index is -1.89. The number of aliphatic hydroxyl groups excluding tert-OH is 9. The highest BCUT2D eigenvalue weighted by atomic mass is 16.7. The zero-order chi connectivity index (χ0) is 29.9. The molecule has 2 unspecified atom stereocenters. The first kappa shape index (κ1) is 32.9. The minimum Gasteiger partial charge on any atom is -0.394 e. The fourth-order valence-corrected chi connectivity index (χ4v) is 4.86. The van der Waals surface area contributed by atoms with Crippen molar-refractivity contribution in [3.05, 3.63) is 0 Å². The number of nitrogens with one attached hydrogen (secondary N) is 2. The molecule has 0 radical (unpaired) electrons. The SMILES string of the molecule is CC(=O)N[C@H]1C(O)O[C@H](CO)[C@H](O)[C@@H]1OC1O[C@H](CO)[C@H](O)[C@H](O[C@@H]2O[C@H](CO)[C@H](O)[C@H](O)[C@H]2O)[C@H]1NC(C)=O. The second-order valence-electron chi connectivity index (χ2n) is 9.81. The van der Waals surface area contributed by atoms with Gasteiger partial charge in [-0.15, -0.1) is 0 Å². The molecule has 40 heavy (non-hydrogen) atoms. The first-order valence-corrected chi connectivity index (χ1v) is 12.6. The van der Waals surface area contributed by atoms with Crippen molar-refractivity contribution in [2.45, 2.75) is 106 Å². The molecular formula is C22H38N2O16. The summed E-state index contributed by atoms with van der Waals surface area (Å²) in [6.45, 7) is -0.140. The molecule has 3 aliphatic heterocycles. The second kappa shape index (κ2) is 14.0. The van der Waals surface area contributed by atoms with Gasteiger partial charge in [0, 0.05) is 13.8 Å². The van der Waals surface area contributed by atoms with Gasteiger partial charge < -0.3 is 80.3 Å². The number of carbonyl (C=O) groups is 2. The number of ether oxygens (including phenoxy) is 5. The summed E-state index contributed by atoms with van der Waals surface area (Å²) >= 11 is 0. The number of hydrogen-bond donors (Lipinski definition) is 11. The Kier molecular flexibility index (Phi) is 11.5. The van der Waals surface area contributed by atoms with Crippen molar-refractivity contribution < 1.29 is 79.2 Å². The molecule has 232 valence electrons. The summed E-state index contributed by atoms with van der Waals surface area (Å²) < 4.78 is 27.7. The van der Waals surface area contributed by atoms with E-state index in [2.05, 4.69) is 10.6 Å². The molecule has 3 aliphatic rings. The Hall–Kier alpha value is -1.62. The van der Waals surface area contributed by atoms with Crippen molar-refractivity contribution in [3.63, 3.8) is 0 Å². The van der Waals surface area contributed by atoms with E-state index in [1.54, 1.807) is 0 Å². The zero-order valence-electron chi connectivity index (χ0n) is 21.7. The second-order valence-corrected chi connectivity index (χ2v) is 9.81. The molecular weight excluding hydrogens is 548 g/mol. The zero-order valence-corrected chi connectivity index (χ0v) is 21.7. The smallest absolute Gasteiger partial charge is 0.217 e. The lowest BCUT2D eigenvalue weighted by molar-refractivity contribution is -0.356. The molecule has 2 amide bonds. The molecule has 3 saturated heterocycles. The summed E-state index contributed by atoms with van der Waals surface area (Å²) in [6, 6.07) is -2.90. The lowest BCUT2D eigenvalue weighted by Gasteiger charge is -2.49. The maximum absolute atomic E-state index is 12.1. The van der Waals surface area contributed by atoms with Gasteiger partial charge in [-0.25, -0.2) is 0 Å². The quantitative estimate of drug-likeness (QED) is 0.120. The summed E-state index contributed by atoms with van der Waals surface area (Å²) in [5.41, 5.74) is 0. The predicted octanol–water partition coefficient (Wildman–Crippen LogP) is -7.29. The van der Waals surface area contributed by atoms with E-state index in [4.69, 9.17) is 23.7 Å². The van der Waals surface area contributed by atoms with Crippen LogP contribution >= 0.6 is 0 Å². The van der Waals surface area contributed by atoms with Crippen LogP contribution in [-0.4, -0.2) is 170 Å². The van der Waals surface area contributed by atoms with Gasteiger partial charge in [0.2, 0.25) is 11.8 Å². The number of rotatable bonds is 9. The third kappa shape index (κ3) is 7.05. The Morgan fingerprint density at radius 1 is 0.600 bits per heavy atom. The van der Waals surface area contributed by atoms with Gasteiger partial charge in [-0.3, -0.25) is 9.59 Å². The van der Waals surface area contributed by atoms with Crippen LogP contribution in [0, 0.1) is 0 Å². The lowest BCUT2D eigenvalue weighted by atomic mass is 9.94. The molecule has 3 heterocycles. The predicted molar refractivity (Wildman–Crippen MR) is 124 cm³/mol. The van der Waals surface area contributed by atoms with E-state index in [1.165, 1.54) is 0 Å². The Labute approximate surface area is 228 Å². The Morgan fingerprint density at radius 3 is 1.55 bits per heavy atom. The van der Waals surface area contributed by atoms with Gasteiger partial charge in [-0.2, -0.15) is 0 Å². The summed E-state index contributed by atoms with van der Waals surface area (Å²) in [4.78, 5) is 23.9. The molecule has 0 bridgehead atoms. The molecule has 3 fully saturated rings. The van der Waals surface area contributed by atoms with Gasteiger partial charge in [-0.05, 0) is 0 Å². The van der Waals surface area contributed by atoms with Crippen LogP contribution in [-0.2, 0) is 33.3 Å². The number of amides is 2. The van der Waals surface area contributed by atoms with Crippen LogP contribution in [0.1, 0.15) is 13.8 Å². The Balaban J connectivity index is 1.95. The summed E-state index contributed by atoms with van der Waals surface area (Å²) in [5, 5.41) is 96.5. The monoisotopic (exact) mass is 586 g/mol. The minimum absolute atomic E-state index is 0.647. The van der Waals surface area contributed by atoms with E-state index >= 15 is 0 Å². The van der Waals surface area contributed by atoms with Crippen LogP contribution in [0.2, 0.25) is 0 Å². The molecule has 0 aromatic heterocycles. The van der Waals surface area contributed by atoms with Crippen LogP contribution in [0.3, 0.4) is 0 Å². The van der Waals surface area contributed by atoms with Crippen molar-refractivity contribution in [1.29, 1.82) is 0 Å². The Morgan fingerprint density at radius 2 is 1.02 bits per heavy atom. The van der Waals surface area contributed by atoms with Gasteiger partial charge in [0.05, 0.1) is 19.8 Å². The molecule has 0 spiro atoms. The molecule has 18 nitrogen and oxygen atoms in total. The van der Waals surface area contributed by atoms with Crippen LogP contribution in [0.25, 0.3) is 0 Å². The highest BCUT2D eigenvalue weighted by Crippen LogP contribution is 2.32. The third-order valence-corrected chi connectivity index (χ3v) is 6.90. The lowest BCUT2D eigenvalue weighted by Crippen LogP contribution is -2.70. The highest BCUT2D eigenvalue weighted by molar-refractivity contribution is 5.73. The van der Waals surface area contributed by atoms with Crippen molar-refractivity contribution in [2.24, 2.45) is 0 Å². The molecule has 0 aliphatic carbocycles. The average Bonchev–Trinajstić information content (AvgIpc) is 2.90. The summed E-state index contributed by atoms with van der Waals surface area (Å²) in [7, 11) is 0. The third-order valence-electron chi connectivity index (χ3n) is 6.90. The van der Waals surface area contributed by atoms with Crippen molar-refractivity contribution in [2.75, 3.05) is 19.8 Å².